The van der Waals surface area contributed by atoms with Gasteiger partial charge in [-0.3, -0.25) is 4.79 Å². The molecule has 0 aromatic heterocycles. The molecule has 2 heterocycles. The molecule has 3 fully saturated rings. The Balaban J connectivity index is 1.48. The van der Waals surface area contributed by atoms with E-state index in [-0.39, 0.29) is 42.2 Å². The molecule has 7 nitrogen and oxygen atoms in total. The van der Waals surface area contributed by atoms with Gasteiger partial charge in [0.05, 0.1) is 38.4 Å². The highest BCUT2D eigenvalue weighted by Crippen LogP contribution is 2.53. The summed E-state index contributed by atoms with van der Waals surface area (Å²) in [6.07, 6.45) is -1.45. The molecule has 0 amide bonds. The van der Waals surface area contributed by atoms with Crippen LogP contribution in [0.25, 0.3) is 0 Å². The first-order valence-corrected chi connectivity index (χ1v) is 8.93. The highest BCUT2D eigenvalue weighted by molar-refractivity contribution is 5.77. The van der Waals surface area contributed by atoms with Crippen LogP contribution >= 0.6 is 0 Å². The SMILES string of the molecule is CCOC(=O)C1C2O[C@@H]3COC(c4ccc(OC)cc4)O[C@H]3[C@H](OC)C21. The van der Waals surface area contributed by atoms with E-state index < -0.39 is 6.29 Å². The van der Waals surface area contributed by atoms with Crippen molar-refractivity contribution >= 4 is 5.97 Å². The molecule has 1 saturated carbocycles. The first-order valence-electron chi connectivity index (χ1n) is 8.93. The average Bonchev–Trinajstić information content (AvgIpc) is 3.39. The number of methoxy groups -OCH3 is 2. The smallest absolute Gasteiger partial charge is 0.312 e. The zero-order chi connectivity index (χ0) is 18.3. The van der Waals surface area contributed by atoms with Crippen molar-refractivity contribution in [1.29, 1.82) is 0 Å². The number of hydrogen-bond donors (Lipinski definition) is 0. The minimum atomic E-state index is -0.500. The van der Waals surface area contributed by atoms with Crippen LogP contribution < -0.4 is 4.74 Å². The molecule has 0 bridgehead atoms. The van der Waals surface area contributed by atoms with E-state index in [0.29, 0.717) is 13.2 Å². The van der Waals surface area contributed by atoms with Crippen LogP contribution in [-0.4, -0.2) is 57.8 Å². The molecule has 4 unspecified atom stereocenters. The van der Waals surface area contributed by atoms with Crippen molar-refractivity contribution in [2.24, 2.45) is 11.8 Å². The number of rotatable bonds is 5. The molecule has 1 aromatic rings. The van der Waals surface area contributed by atoms with E-state index in [1.54, 1.807) is 21.1 Å². The number of carbonyl (C=O) groups is 1. The Morgan fingerprint density at radius 3 is 2.58 bits per heavy atom. The summed E-state index contributed by atoms with van der Waals surface area (Å²) >= 11 is 0. The minimum Gasteiger partial charge on any atom is -0.497 e. The maximum absolute atomic E-state index is 12.1. The standard InChI is InChI=1S/C19H24O7/c1-4-23-18(20)14-13-16(14)25-12-9-24-19(26-15(12)17(13)22-3)10-5-7-11(21-2)8-6-10/h5-8,12-17,19H,4,9H2,1-3H3/t12-,13?,14?,15-,16?,17-,19?/m1/s1. The van der Waals surface area contributed by atoms with E-state index in [1.165, 1.54) is 0 Å². The van der Waals surface area contributed by atoms with Crippen molar-refractivity contribution in [1.82, 2.24) is 0 Å². The topological polar surface area (TPSA) is 72.5 Å². The van der Waals surface area contributed by atoms with E-state index in [9.17, 15) is 4.79 Å². The van der Waals surface area contributed by atoms with Crippen molar-refractivity contribution in [2.45, 2.75) is 37.6 Å². The van der Waals surface area contributed by atoms with Gasteiger partial charge < -0.3 is 28.4 Å². The molecule has 7 atom stereocenters. The van der Waals surface area contributed by atoms with Crippen molar-refractivity contribution < 1.29 is 33.2 Å². The molecule has 2 saturated heterocycles. The van der Waals surface area contributed by atoms with E-state index in [0.717, 1.165) is 11.3 Å². The largest absolute Gasteiger partial charge is 0.497 e. The number of carbonyl (C=O) groups excluding carboxylic acids is 1. The normalized spacial score (nSPS) is 38.0. The molecular formula is C19H24O7. The summed E-state index contributed by atoms with van der Waals surface area (Å²) in [5.74, 6) is 0.232. The van der Waals surface area contributed by atoms with Gasteiger partial charge in [-0.1, -0.05) is 12.1 Å². The predicted octanol–water partition coefficient (Wildman–Crippen LogP) is 1.70. The van der Waals surface area contributed by atoms with Crippen LogP contribution in [0.3, 0.4) is 0 Å². The van der Waals surface area contributed by atoms with Crippen LogP contribution in [0.2, 0.25) is 0 Å². The quantitative estimate of drug-likeness (QED) is 0.737. The summed E-state index contributed by atoms with van der Waals surface area (Å²) in [6.45, 7) is 2.55. The number of benzene rings is 1. The molecule has 26 heavy (non-hydrogen) atoms. The van der Waals surface area contributed by atoms with E-state index >= 15 is 0 Å². The Hall–Kier alpha value is -1.67. The third-order valence-corrected chi connectivity index (χ3v) is 5.32. The van der Waals surface area contributed by atoms with Crippen LogP contribution in [0.15, 0.2) is 24.3 Å². The lowest BCUT2D eigenvalue weighted by Crippen LogP contribution is -2.53. The lowest BCUT2D eigenvalue weighted by atomic mass is 9.99. The van der Waals surface area contributed by atoms with E-state index in [4.69, 9.17) is 28.4 Å². The summed E-state index contributed by atoms with van der Waals surface area (Å²) in [6, 6.07) is 7.56. The number of hydrogen-bond acceptors (Lipinski definition) is 7. The van der Waals surface area contributed by atoms with Gasteiger partial charge in [-0.2, -0.15) is 0 Å². The third-order valence-electron chi connectivity index (χ3n) is 5.32. The molecule has 1 aromatic carbocycles. The maximum Gasteiger partial charge on any atom is 0.312 e. The molecule has 7 heteroatoms. The van der Waals surface area contributed by atoms with Gasteiger partial charge in [-0.25, -0.2) is 0 Å². The molecule has 1 aliphatic carbocycles. The monoisotopic (exact) mass is 364 g/mol. The van der Waals surface area contributed by atoms with Crippen molar-refractivity contribution in [3.63, 3.8) is 0 Å². The van der Waals surface area contributed by atoms with Crippen LogP contribution in [0.4, 0.5) is 0 Å². The zero-order valence-corrected chi connectivity index (χ0v) is 15.1. The number of esters is 1. The fourth-order valence-corrected chi connectivity index (χ4v) is 4.00. The van der Waals surface area contributed by atoms with Crippen LogP contribution in [-0.2, 0) is 28.5 Å². The molecule has 2 aliphatic heterocycles. The second kappa shape index (κ2) is 7.15. The van der Waals surface area contributed by atoms with Gasteiger partial charge in [-0.15, -0.1) is 0 Å². The van der Waals surface area contributed by atoms with Gasteiger partial charge in [0.1, 0.15) is 18.0 Å². The highest BCUT2D eigenvalue weighted by atomic mass is 16.7. The van der Waals surface area contributed by atoms with Gasteiger partial charge in [0.2, 0.25) is 0 Å². The molecule has 0 spiro atoms. The Morgan fingerprint density at radius 1 is 1.15 bits per heavy atom. The molecule has 3 aliphatic rings. The summed E-state index contributed by atoms with van der Waals surface area (Å²) in [4.78, 5) is 12.1. The maximum atomic E-state index is 12.1. The Labute approximate surface area is 152 Å². The number of fused-ring (bicyclic) bond motifs is 2. The van der Waals surface area contributed by atoms with Crippen molar-refractivity contribution in [3.05, 3.63) is 29.8 Å². The molecule has 0 radical (unpaired) electrons. The Kier molecular flexibility index (Phi) is 4.88. The fraction of sp³-hybridized carbons (Fsp3) is 0.632. The van der Waals surface area contributed by atoms with Gasteiger partial charge >= 0.3 is 5.97 Å². The van der Waals surface area contributed by atoms with Gasteiger partial charge in [0.15, 0.2) is 6.29 Å². The molecule has 0 N–H and O–H groups in total. The second-order valence-corrected chi connectivity index (χ2v) is 6.73. The Morgan fingerprint density at radius 2 is 1.92 bits per heavy atom. The van der Waals surface area contributed by atoms with E-state index in [1.807, 2.05) is 24.3 Å². The third kappa shape index (κ3) is 2.99. The second-order valence-electron chi connectivity index (χ2n) is 6.73. The minimum absolute atomic E-state index is 0.0325. The average molecular weight is 364 g/mol. The van der Waals surface area contributed by atoms with Gasteiger partial charge in [-0.05, 0) is 19.1 Å². The Bertz CT molecular complexity index is 646. The summed E-state index contributed by atoms with van der Waals surface area (Å²) in [7, 11) is 3.27. The first-order chi connectivity index (χ1) is 12.7. The van der Waals surface area contributed by atoms with Crippen LogP contribution in [0.1, 0.15) is 18.8 Å². The van der Waals surface area contributed by atoms with Crippen LogP contribution in [0.5, 0.6) is 5.75 Å². The lowest BCUT2D eigenvalue weighted by Gasteiger charge is -2.42. The molecule has 142 valence electrons. The molecule has 4 rings (SSSR count). The first kappa shape index (κ1) is 17.7. The summed E-state index contributed by atoms with van der Waals surface area (Å²) < 4.78 is 34.1. The summed E-state index contributed by atoms with van der Waals surface area (Å²) in [5.41, 5.74) is 0.902. The van der Waals surface area contributed by atoms with Gasteiger partial charge in [0.25, 0.3) is 0 Å². The number of ether oxygens (including phenoxy) is 6. The summed E-state index contributed by atoms with van der Waals surface area (Å²) in [5, 5.41) is 0. The van der Waals surface area contributed by atoms with Crippen LogP contribution in [0, 0.1) is 11.8 Å². The predicted molar refractivity (Wildman–Crippen MR) is 89.6 cm³/mol. The van der Waals surface area contributed by atoms with Crippen molar-refractivity contribution in [2.75, 3.05) is 27.4 Å². The van der Waals surface area contributed by atoms with Crippen molar-refractivity contribution in [3.8, 4) is 5.75 Å². The zero-order valence-electron chi connectivity index (χ0n) is 15.1. The highest BCUT2D eigenvalue weighted by Gasteiger charge is 2.67. The lowest BCUT2D eigenvalue weighted by molar-refractivity contribution is -0.303. The van der Waals surface area contributed by atoms with Gasteiger partial charge in [0, 0.05) is 18.6 Å². The fourth-order valence-electron chi connectivity index (χ4n) is 4.00. The van der Waals surface area contributed by atoms with E-state index in [2.05, 4.69) is 0 Å². The molecular weight excluding hydrogens is 340 g/mol.